The summed E-state index contributed by atoms with van der Waals surface area (Å²) in [5, 5.41) is 9.67. The van der Waals surface area contributed by atoms with Gasteiger partial charge in [0.05, 0.1) is 11.9 Å². The Morgan fingerprint density at radius 3 is 1.83 bits per heavy atom. The van der Waals surface area contributed by atoms with Crippen molar-refractivity contribution in [3.8, 4) is 0 Å². The van der Waals surface area contributed by atoms with Crippen molar-refractivity contribution in [1.82, 2.24) is 0 Å². The molecule has 0 saturated heterocycles. The number of aliphatic hydroxyl groups excluding tert-OH is 1. The Bertz CT molecular complexity index is 390. The Kier molecular flexibility index (Phi) is 15.8. The van der Waals surface area contributed by atoms with E-state index in [0.29, 0.717) is 6.42 Å². The fourth-order valence-corrected chi connectivity index (χ4v) is 3.29. The second-order valence-corrected chi connectivity index (χ2v) is 8.32. The largest absolute Gasteiger partial charge is 0.389 e. The predicted molar refractivity (Wildman–Crippen MR) is 102 cm³/mol. The lowest BCUT2D eigenvalue weighted by molar-refractivity contribution is 0.209. The van der Waals surface area contributed by atoms with Crippen molar-refractivity contribution < 1.29 is 18.1 Å². The molecule has 0 unspecified atom stereocenters. The Labute approximate surface area is 149 Å². The summed E-state index contributed by atoms with van der Waals surface area (Å²) >= 11 is 0. The van der Waals surface area contributed by atoms with E-state index >= 15 is 0 Å². The highest BCUT2D eigenvalue weighted by Gasteiger charge is 2.02. The van der Waals surface area contributed by atoms with Gasteiger partial charge < -0.3 is 5.11 Å². The maximum atomic E-state index is 10.5. The number of allylic oxidation sites excluding steroid dienone is 1. The molecule has 5 heteroatoms. The zero-order chi connectivity index (χ0) is 18.1. The van der Waals surface area contributed by atoms with E-state index in [4.69, 9.17) is 4.55 Å². The van der Waals surface area contributed by atoms with Gasteiger partial charge in [-0.3, -0.25) is 4.55 Å². The summed E-state index contributed by atoms with van der Waals surface area (Å²) < 4.78 is 29.7. The molecule has 0 bridgehead atoms. The molecule has 0 fully saturated rings. The first-order valence-electron chi connectivity index (χ1n) is 9.75. The molecule has 0 aromatic carbocycles. The van der Waals surface area contributed by atoms with E-state index in [1.165, 1.54) is 38.5 Å². The molecular formula is C19H38O4S. The highest BCUT2D eigenvalue weighted by Crippen LogP contribution is 2.12. The fourth-order valence-electron chi connectivity index (χ4n) is 2.72. The van der Waals surface area contributed by atoms with Crippen LogP contribution >= 0.6 is 0 Å². The summed E-state index contributed by atoms with van der Waals surface area (Å²) in [6, 6.07) is 0. The van der Waals surface area contributed by atoms with Crippen LogP contribution in [-0.2, 0) is 10.1 Å². The SMILES string of the molecule is CCCC[C@H](O)/C=C/CCCCCCCCCCCCS(=O)(=O)O. The van der Waals surface area contributed by atoms with Gasteiger partial charge in [0.1, 0.15) is 0 Å². The van der Waals surface area contributed by atoms with Gasteiger partial charge in [-0.05, 0) is 25.7 Å². The molecule has 144 valence electrons. The topological polar surface area (TPSA) is 74.6 Å². The minimum absolute atomic E-state index is 0.100. The van der Waals surface area contributed by atoms with Crippen LogP contribution in [0, 0.1) is 0 Å². The third-order valence-corrected chi connectivity index (χ3v) is 5.04. The Hall–Kier alpha value is -0.390. The molecule has 0 aliphatic heterocycles. The molecule has 0 aromatic heterocycles. The summed E-state index contributed by atoms with van der Waals surface area (Å²) in [5.41, 5.74) is 0. The van der Waals surface area contributed by atoms with Crippen LogP contribution in [0.1, 0.15) is 96.8 Å². The lowest BCUT2D eigenvalue weighted by Gasteiger charge is -2.03. The van der Waals surface area contributed by atoms with Crippen LogP contribution < -0.4 is 0 Å². The van der Waals surface area contributed by atoms with Crippen LogP contribution in [0.5, 0.6) is 0 Å². The lowest BCUT2D eigenvalue weighted by atomic mass is 10.1. The first-order chi connectivity index (χ1) is 11.5. The highest BCUT2D eigenvalue weighted by molar-refractivity contribution is 7.85. The molecule has 0 saturated carbocycles. The van der Waals surface area contributed by atoms with E-state index in [0.717, 1.165) is 44.9 Å². The first-order valence-corrected chi connectivity index (χ1v) is 11.4. The van der Waals surface area contributed by atoms with E-state index < -0.39 is 10.1 Å². The molecule has 4 nitrogen and oxygen atoms in total. The zero-order valence-electron chi connectivity index (χ0n) is 15.5. The van der Waals surface area contributed by atoms with Gasteiger partial charge in [-0.15, -0.1) is 0 Å². The lowest BCUT2D eigenvalue weighted by Crippen LogP contribution is -2.03. The third kappa shape index (κ3) is 19.7. The molecule has 0 radical (unpaired) electrons. The van der Waals surface area contributed by atoms with Gasteiger partial charge >= 0.3 is 0 Å². The second-order valence-electron chi connectivity index (χ2n) is 6.75. The maximum absolute atomic E-state index is 10.5. The van der Waals surface area contributed by atoms with Crippen molar-refractivity contribution >= 4 is 10.1 Å². The van der Waals surface area contributed by atoms with Gasteiger partial charge in [-0.25, -0.2) is 0 Å². The smallest absolute Gasteiger partial charge is 0.264 e. The minimum Gasteiger partial charge on any atom is -0.389 e. The molecule has 1 atom stereocenters. The van der Waals surface area contributed by atoms with Crippen molar-refractivity contribution in [2.75, 3.05) is 5.75 Å². The van der Waals surface area contributed by atoms with E-state index in [2.05, 4.69) is 13.0 Å². The molecule has 0 heterocycles. The van der Waals surface area contributed by atoms with Crippen LogP contribution in [-0.4, -0.2) is 29.9 Å². The van der Waals surface area contributed by atoms with Gasteiger partial charge in [0.25, 0.3) is 10.1 Å². The average molecular weight is 363 g/mol. The number of hydrogen-bond acceptors (Lipinski definition) is 3. The van der Waals surface area contributed by atoms with Crippen LogP contribution in [0.3, 0.4) is 0 Å². The monoisotopic (exact) mass is 362 g/mol. The number of unbranched alkanes of at least 4 members (excludes halogenated alkanes) is 11. The van der Waals surface area contributed by atoms with E-state index in [-0.39, 0.29) is 11.9 Å². The van der Waals surface area contributed by atoms with E-state index in [9.17, 15) is 13.5 Å². The van der Waals surface area contributed by atoms with Crippen LogP contribution in [0.15, 0.2) is 12.2 Å². The first kappa shape index (κ1) is 23.6. The Morgan fingerprint density at radius 1 is 0.833 bits per heavy atom. The Morgan fingerprint density at radius 2 is 1.33 bits per heavy atom. The fraction of sp³-hybridized carbons (Fsp3) is 0.895. The molecular weight excluding hydrogens is 324 g/mol. The molecule has 0 aliphatic carbocycles. The zero-order valence-corrected chi connectivity index (χ0v) is 16.3. The number of hydrogen-bond donors (Lipinski definition) is 2. The number of rotatable bonds is 17. The van der Waals surface area contributed by atoms with Crippen LogP contribution in [0.2, 0.25) is 0 Å². The van der Waals surface area contributed by atoms with Gasteiger partial charge in [0, 0.05) is 0 Å². The van der Waals surface area contributed by atoms with E-state index in [1.54, 1.807) is 0 Å². The Balaban J connectivity index is 3.21. The quantitative estimate of drug-likeness (QED) is 0.210. The molecule has 2 N–H and O–H groups in total. The molecule has 24 heavy (non-hydrogen) atoms. The summed E-state index contributed by atoms with van der Waals surface area (Å²) in [7, 11) is -3.77. The van der Waals surface area contributed by atoms with Gasteiger partial charge in [0.2, 0.25) is 0 Å². The van der Waals surface area contributed by atoms with Gasteiger partial charge in [0.15, 0.2) is 0 Å². The van der Waals surface area contributed by atoms with Crippen LogP contribution in [0.25, 0.3) is 0 Å². The maximum Gasteiger partial charge on any atom is 0.264 e. The normalized spacial score (nSPS) is 13.6. The van der Waals surface area contributed by atoms with Crippen molar-refractivity contribution in [1.29, 1.82) is 0 Å². The van der Waals surface area contributed by atoms with Crippen molar-refractivity contribution in [3.63, 3.8) is 0 Å². The van der Waals surface area contributed by atoms with Crippen LogP contribution in [0.4, 0.5) is 0 Å². The minimum atomic E-state index is -3.77. The molecule has 0 aromatic rings. The molecule has 0 spiro atoms. The van der Waals surface area contributed by atoms with Crippen molar-refractivity contribution in [2.24, 2.45) is 0 Å². The molecule has 0 aliphatic rings. The second kappa shape index (κ2) is 16.1. The van der Waals surface area contributed by atoms with Crippen molar-refractivity contribution in [2.45, 2.75) is 103 Å². The van der Waals surface area contributed by atoms with E-state index in [1.807, 2.05) is 6.08 Å². The summed E-state index contributed by atoms with van der Waals surface area (Å²) in [5.74, 6) is -0.100. The highest BCUT2D eigenvalue weighted by atomic mass is 32.2. The van der Waals surface area contributed by atoms with Crippen molar-refractivity contribution in [3.05, 3.63) is 12.2 Å². The molecule has 0 rings (SSSR count). The molecule has 0 amide bonds. The summed E-state index contributed by atoms with van der Waals surface area (Å²) in [4.78, 5) is 0. The average Bonchev–Trinajstić information content (AvgIpc) is 2.52. The summed E-state index contributed by atoms with van der Waals surface area (Å²) in [6.45, 7) is 2.14. The third-order valence-electron chi connectivity index (χ3n) is 4.23. The van der Waals surface area contributed by atoms with Gasteiger partial charge in [-0.2, -0.15) is 8.42 Å². The van der Waals surface area contributed by atoms with Gasteiger partial charge in [-0.1, -0.05) is 83.3 Å². The summed E-state index contributed by atoms with van der Waals surface area (Å²) in [6.07, 6.45) is 19.1. The standard InChI is InChI=1S/C19H38O4S/c1-2-3-16-19(20)17-14-12-10-8-6-4-5-7-9-11-13-15-18-24(21,22)23/h14,17,19-20H,2-13,15-16,18H2,1H3,(H,21,22,23)/b17-14+/t19-/m0/s1. The predicted octanol–water partition coefficient (Wildman–Crippen LogP) is 5.27. The number of aliphatic hydroxyl groups is 1.